The van der Waals surface area contributed by atoms with Crippen LogP contribution in [0.2, 0.25) is 0 Å². The van der Waals surface area contributed by atoms with Crippen molar-refractivity contribution in [2.24, 2.45) is 5.73 Å². The fourth-order valence-electron chi connectivity index (χ4n) is 1.74. The SMILES string of the molecule is COc1cc(CCN)cc(OC)c1C=C(C)C. The Kier molecular flexibility index (Phi) is 5.04. The van der Waals surface area contributed by atoms with Gasteiger partial charge in [-0.1, -0.05) is 5.57 Å². The fraction of sp³-hybridized carbons (Fsp3) is 0.429. The highest BCUT2D eigenvalue weighted by Gasteiger charge is 2.10. The Morgan fingerprint density at radius 2 is 1.71 bits per heavy atom. The van der Waals surface area contributed by atoms with Crippen LogP contribution in [0.5, 0.6) is 11.5 Å². The van der Waals surface area contributed by atoms with Crippen LogP contribution in [0.4, 0.5) is 0 Å². The number of hydrogen-bond acceptors (Lipinski definition) is 3. The maximum absolute atomic E-state index is 5.57. The van der Waals surface area contributed by atoms with Crippen molar-refractivity contribution in [1.82, 2.24) is 0 Å². The van der Waals surface area contributed by atoms with Crippen LogP contribution in [0.1, 0.15) is 25.0 Å². The summed E-state index contributed by atoms with van der Waals surface area (Å²) < 4.78 is 10.8. The molecule has 0 unspecified atom stereocenters. The van der Waals surface area contributed by atoms with Crippen LogP contribution < -0.4 is 15.2 Å². The van der Waals surface area contributed by atoms with Crippen molar-refractivity contribution in [1.29, 1.82) is 0 Å². The second kappa shape index (κ2) is 6.30. The topological polar surface area (TPSA) is 44.5 Å². The van der Waals surface area contributed by atoms with Crippen molar-refractivity contribution in [3.05, 3.63) is 28.8 Å². The Balaban J connectivity index is 3.31. The molecule has 0 aromatic heterocycles. The maximum atomic E-state index is 5.57. The monoisotopic (exact) mass is 235 g/mol. The predicted molar refractivity (Wildman–Crippen MR) is 71.6 cm³/mol. The normalized spacial score (nSPS) is 9.94. The van der Waals surface area contributed by atoms with Gasteiger partial charge in [0, 0.05) is 0 Å². The van der Waals surface area contributed by atoms with E-state index < -0.39 is 0 Å². The zero-order valence-corrected chi connectivity index (χ0v) is 11.0. The summed E-state index contributed by atoms with van der Waals surface area (Å²) in [5.41, 5.74) is 8.88. The quantitative estimate of drug-likeness (QED) is 0.853. The van der Waals surface area contributed by atoms with E-state index in [1.165, 1.54) is 5.57 Å². The number of hydrogen-bond donors (Lipinski definition) is 1. The zero-order valence-electron chi connectivity index (χ0n) is 11.0. The average molecular weight is 235 g/mol. The molecule has 0 aliphatic rings. The van der Waals surface area contributed by atoms with Crippen molar-refractivity contribution >= 4 is 6.08 Å². The third-order valence-electron chi connectivity index (χ3n) is 2.47. The summed E-state index contributed by atoms with van der Waals surface area (Å²) in [4.78, 5) is 0. The Bertz CT molecular complexity index is 382. The van der Waals surface area contributed by atoms with Gasteiger partial charge in [-0.25, -0.2) is 0 Å². The Hall–Kier alpha value is -1.48. The first-order chi connectivity index (χ1) is 8.12. The van der Waals surface area contributed by atoms with E-state index in [2.05, 4.69) is 6.08 Å². The van der Waals surface area contributed by atoms with E-state index in [4.69, 9.17) is 15.2 Å². The average Bonchev–Trinajstić information content (AvgIpc) is 2.30. The molecule has 2 N–H and O–H groups in total. The lowest BCUT2D eigenvalue weighted by molar-refractivity contribution is 0.391. The minimum absolute atomic E-state index is 0.619. The highest BCUT2D eigenvalue weighted by molar-refractivity contribution is 5.66. The molecule has 0 bridgehead atoms. The van der Waals surface area contributed by atoms with Crippen molar-refractivity contribution < 1.29 is 9.47 Å². The lowest BCUT2D eigenvalue weighted by atomic mass is 10.0. The van der Waals surface area contributed by atoms with Gasteiger partial charge in [-0.15, -0.1) is 0 Å². The third-order valence-corrected chi connectivity index (χ3v) is 2.47. The zero-order chi connectivity index (χ0) is 12.8. The minimum atomic E-state index is 0.619. The summed E-state index contributed by atoms with van der Waals surface area (Å²) in [5, 5.41) is 0. The van der Waals surface area contributed by atoms with Crippen LogP contribution in [0.3, 0.4) is 0 Å². The Morgan fingerprint density at radius 1 is 1.18 bits per heavy atom. The number of benzene rings is 1. The highest BCUT2D eigenvalue weighted by atomic mass is 16.5. The molecular formula is C14H21NO2. The van der Waals surface area contributed by atoms with Gasteiger partial charge in [0.15, 0.2) is 0 Å². The second-order valence-electron chi connectivity index (χ2n) is 4.17. The first-order valence-electron chi connectivity index (χ1n) is 5.72. The summed E-state index contributed by atoms with van der Waals surface area (Å²) >= 11 is 0. The summed E-state index contributed by atoms with van der Waals surface area (Å²) in [6, 6.07) is 4.04. The van der Waals surface area contributed by atoms with Gasteiger partial charge < -0.3 is 15.2 Å². The molecule has 1 aromatic rings. The van der Waals surface area contributed by atoms with Gasteiger partial charge in [-0.3, -0.25) is 0 Å². The van der Waals surface area contributed by atoms with Crippen LogP contribution in [-0.2, 0) is 6.42 Å². The standard InChI is InChI=1S/C14H21NO2/c1-10(2)7-12-13(16-3)8-11(5-6-15)9-14(12)17-4/h7-9H,5-6,15H2,1-4H3. The van der Waals surface area contributed by atoms with Gasteiger partial charge in [-0.2, -0.15) is 0 Å². The molecule has 1 aromatic carbocycles. The second-order valence-corrected chi connectivity index (χ2v) is 4.17. The Labute approximate surface area is 103 Å². The molecule has 0 fully saturated rings. The Morgan fingerprint density at radius 3 is 2.06 bits per heavy atom. The molecule has 0 heterocycles. The van der Waals surface area contributed by atoms with Gasteiger partial charge in [0.1, 0.15) is 11.5 Å². The molecule has 3 heteroatoms. The molecule has 0 aliphatic carbocycles. The van der Waals surface area contributed by atoms with Crippen LogP contribution in [-0.4, -0.2) is 20.8 Å². The van der Waals surface area contributed by atoms with Crippen LogP contribution in [0.15, 0.2) is 17.7 Å². The molecule has 0 radical (unpaired) electrons. The van der Waals surface area contributed by atoms with E-state index in [9.17, 15) is 0 Å². The smallest absolute Gasteiger partial charge is 0.130 e. The summed E-state index contributed by atoms with van der Waals surface area (Å²) in [6.45, 7) is 4.72. The van der Waals surface area contributed by atoms with E-state index in [0.717, 1.165) is 29.0 Å². The van der Waals surface area contributed by atoms with Crippen LogP contribution >= 0.6 is 0 Å². The van der Waals surface area contributed by atoms with E-state index >= 15 is 0 Å². The van der Waals surface area contributed by atoms with E-state index in [0.29, 0.717) is 6.54 Å². The van der Waals surface area contributed by atoms with Gasteiger partial charge in [0.2, 0.25) is 0 Å². The molecule has 0 saturated carbocycles. The number of ether oxygens (including phenoxy) is 2. The van der Waals surface area contributed by atoms with Crippen molar-refractivity contribution in [3.63, 3.8) is 0 Å². The molecule has 0 atom stereocenters. The first-order valence-corrected chi connectivity index (χ1v) is 5.72. The summed E-state index contributed by atoms with van der Waals surface area (Å²) in [6.07, 6.45) is 2.88. The van der Waals surface area contributed by atoms with Crippen molar-refractivity contribution in [2.45, 2.75) is 20.3 Å². The molecule has 0 aliphatic heterocycles. The lowest BCUT2D eigenvalue weighted by Crippen LogP contribution is -2.04. The molecule has 0 spiro atoms. The van der Waals surface area contributed by atoms with Gasteiger partial charge in [0.25, 0.3) is 0 Å². The van der Waals surface area contributed by atoms with E-state index in [1.54, 1.807) is 14.2 Å². The summed E-state index contributed by atoms with van der Waals surface area (Å²) in [5.74, 6) is 1.66. The van der Waals surface area contributed by atoms with E-state index in [1.807, 2.05) is 26.0 Å². The van der Waals surface area contributed by atoms with Crippen LogP contribution in [0, 0.1) is 0 Å². The van der Waals surface area contributed by atoms with Gasteiger partial charge in [-0.05, 0) is 50.6 Å². The van der Waals surface area contributed by atoms with Crippen molar-refractivity contribution in [2.75, 3.05) is 20.8 Å². The third kappa shape index (κ3) is 3.49. The van der Waals surface area contributed by atoms with Crippen molar-refractivity contribution in [3.8, 4) is 11.5 Å². The van der Waals surface area contributed by atoms with Crippen LogP contribution in [0.25, 0.3) is 6.08 Å². The predicted octanol–water partition coefficient (Wildman–Crippen LogP) is 2.63. The molecule has 0 saturated heterocycles. The lowest BCUT2D eigenvalue weighted by Gasteiger charge is -2.13. The fourth-order valence-corrected chi connectivity index (χ4v) is 1.74. The largest absolute Gasteiger partial charge is 0.496 e. The maximum Gasteiger partial charge on any atom is 0.130 e. The molecule has 17 heavy (non-hydrogen) atoms. The highest BCUT2D eigenvalue weighted by Crippen LogP contribution is 2.32. The molecule has 3 nitrogen and oxygen atoms in total. The number of allylic oxidation sites excluding steroid dienone is 1. The number of nitrogens with two attached hydrogens (primary N) is 1. The van der Waals surface area contributed by atoms with Gasteiger partial charge >= 0.3 is 0 Å². The molecule has 1 rings (SSSR count). The van der Waals surface area contributed by atoms with Gasteiger partial charge in [0.05, 0.1) is 19.8 Å². The molecule has 94 valence electrons. The first kappa shape index (κ1) is 13.6. The number of rotatable bonds is 5. The van der Waals surface area contributed by atoms with E-state index in [-0.39, 0.29) is 0 Å². The summed E-state index contributed by atoms with van der Waals surface area (Å²) in [7, 11) is 3.34. The molecule has 0 amide bonds. The number of methoxy groups -OCH3 is 2. The minimum Gasteiger partial charge on any atom is -0.496 e. The molecular weight excluding hydrogens is 214 g/mol.